The minimum atomic E-state index is 0.794. The Labute approximate surface area is 83.7 Å². The van der Waals surface area contributed by atoms with Crippen molar-refractivity contribution < 1.29 is 0 Å². The molecule has 0 amide bonds. The SMILES string of the molecule is CNCCCCCN(C)CC(C)C. The molecule has 0 fully saturated rings. The van der Waals surface area contributed by atoms with Crippen LogP contribution >= 0.6 is 0 Å². The van der Waals surface area contributed by atoms with Gasteiger partial charge >= 0.3 is 0 Å². The Bertz CT molecular complexity index is 102. The van der Waals surface area contributed by atoms with Gasteiger partial charge in [0.25, 0.3) is 0 Å². The van der Waals surface area contributed by atoms with E-state index in [4.69, 9.17) is 0 Å². The predicted molar refractivity (Wildman–Crippen MR) is 60.1 cm³/mol. The van der Waals surface area contributed by atoms with Gasteiger partial charge in [0, 0.05) is 6.54 Å². The molecule has 0 aromatic rings. The molecule has 2 nitrogen and oxygen atoms in total. The van der Waals surface area contributed by atoms with Crippen LogP contribution in [0.2, 0.25) is 0 Å². The molecule has 2 heteroatoms. The minimum absolute atomic E-state index is 0.794. The van der Waals surface area contributed by atoms with Gasteiger partial charge in [0.05, 0.1) is 0 Å². The lowest BCUT2D eigenvalue weighted by molar-refractivity contribution is 0.289. The highest BCUT2D eigenvalue weighted by molar-refractivity contribution is 4.55. The van der Waals surface area contributed by atoms with Crippen LogP contribution in [0.4, 0.5) is 0 Å². The van der Waals surface area contributed by atoms with Crippen molar-refractivity contribution in [2.75, 3.05) is 33.7 Å². The first-order valence-corrected chi connectivity index (χ1v) is 5.50. The molecule has 0 aliphatic carbocycles. The van der Waals surface area contributed by atoms with Gasteiger partial charge in [-0.2, -0.15) is 0 Å². The van der Waals surface area contributed by atoms with E-state index in [1.165, 1.54) is 32.4 Å². The van der Waals surface area contributed by atoms with E-state index in [0.717, 1.165) is 12.5 Å². The summed E-state index contributed by atoms with van der Waals surface area (Å²) in [7, 11) is 4.24. The summed E-state index contributed by atoms with van der Waals surface area (Å²) >= 11 is 0. The molecule has 0 aliphatic heterocycles. The van der Waals surface area contributed by atoms with Gasteiger partial charge in [-0.1, -0.05) is 20.3 Å². The Morgan fingerprint density at radius 3 is 2.38 bits per heavy atom. The van der Waals surface area contributed by atoms with Crippen molar-refractivity contribution >= 4 is 0 Å². The summed E-state index contributed by atoms with van der Waals surface area (Å²) in [4.78, 5) is 2.43. The van der Waals surface area contributed by atoms with Crippen molar-refractivity contribution in [1.82, 2.24) is 10.2 Å². The van der Waals surface area contributed by atoms with Crippen LogP contribution in [0.25, 0.3) is 0 Å². The average molecular weight is 186 g/mol. The van der Waals surface area contributed by atoms with Crippen LogP contribution in [0.5, 0.6) is 0 Å². The second-order valence-electron chi connectivity index (χ2n) is 4.32. The van der Waals surface area contributed by atoms with E-state index in [0.29, 0.717) is 0 Å². The number of hydrogen-bond acceptors (Lipinski definition) is 2. The Kier molecular flexibility index (Phi) is 8.46. The molecular weight excluding hydrogens is 160 g/mol. The monoisotopic (exact) mass is 186 g/mol. The molecule has 0 aliphatic rings. The van der Waals surface area contributed by atoms with Crippen LogP contribution < -0.4 is 5.32 Å². The molecule has 80 valence electrons. The van der Waals surface area contributed by atoms with E-state index >= 15 is 0 Å². The molecule has 0 aromatic carbocycles. The van der Waals surface area contributed by atoms with Crippen LogP contribution in [0.3, 0.4) is 0 Å². The average Bonchev–Trinajstić information content (AvgIpc) is 2.02. The van der Waals surface area contributed by atoms with Crippen LogP contribution in [-0.2, 0) is 0 Å². The van der Waals surface area contributed by atoms with E-state index in [-0.39, 0.29) is 0 Å². The van der Waals surface area contributed by atoms with Crippen molar-refractivity contribution in [2.45, 2.75) is 33.1 Å². The number of nitrogens with zero attached hydrogens (tertiary/aromatic N) is 1. The van der Waals surface area contributed by atoms with E-state index in [1.807, 2.05) is 7.05 Å². The Hall–Kier alpha value is -0.0800. The summed E-state index contributed by atoms with van der Waals surface area (Å²) in [6.45, 7) is 8.19. The quantitative estimate of drug-likeness (QED) is 0.583. The molecule has 0 atom stereocenters. The van der Waals surface area contributed by atoms with Crippen LogP contribution in [-0.4, -0.2) is 38.6 Å². The van der Waals surface area contributed by atoms with Gasteiger partial charge in [0.15, 0.2) is 0 Å². The maximum atomic E-state index is 3.17. The number of nitrogens with one attached hydrogen (secondary N) is 1. The molecule has 0 spiro atoms. The summed E-state index contributed by atoms with van der Waals surface area (Å²) in [5, 5.41) is 3.17. The highest BCUT2D eigenvalue weighted by Crippen LogP contribution is 2.00. The summed E-state index contributed by atoms with van der Waals surface area (Å²) < 4.78 is 0. The smallest absolute Gasteiger partial charge is 0.000133 e. The van der Waals surface area contributed by atoms with Crippen molar-refractivity contribution in [3.05, 3.63) is 0 Å². The first-order chi connectivity index (χ1) is 6.16. The molecule has 0 radical (unpaired) electrons. The maximum absolute atomic E-state index is 3.17. The van der Waals surface area contributed by atoms with E-state index < -0.39 is 0 Å². The van der Waals surface area contributed by atoms with Crippen molar-refractivity contribution in [3.8, 4) is 0 Å². The summed E-state index contributed by atoms with van der Waals surface area (Å²) in [5.74, 6) is 0.794. The fourth-order valence-electron chi connectivity index (χ4n) is 1.57. The summed E-state index contributed by atoms with van der Waals surface area (Å²) in [5.41, 5.74) is 0. The van der Waals surface area contributed by atoms with Crippen molar-refractivity contribution in [1.29, 1.82) is 0 Å². The third-order valence-electron chi connectivity index (χ3n) is 2.14. The normalized spacial score (nSPS) is 11.5. The highest BCUT2D eigenvalue weighted by Gasteiger charge is 2.00. The van der Waals surface area contributed by atoms with Gasteiger partial charge in [-0.3, -0.25) is 0 Å². The van der Waals surface area contributed by atoms with Crippen LogP contribution in [0.15, 0.2) is 0 Å². The number of hydrogen-bond donors (Lipinski definition) is 1. The molecule has 0 aromatic heterocycles. The van der Waals surface area contributed by atoms with Crippen LogP contribution in [0.1, 0.15) is 33.1 Å². The lowest BCUT2D eigenvalue weighted by atomic mass is 10.2. The standard InChI is InChI=1S/C11H26N2/c1-11(2)10-13(4)9-7-5-6-8-12-3/h11-12H,5-10H2,1-4H3. The topological polar surface area (TPSA) is 15.3 Å². The van der Waals surface area contributed by atoms with E-state index in [1.54, 1.807) is 0 Å². The van der Waals surface area contributed by atoms with Gasteiger partial charge in [-0.25, -0.2) is 0 Å². The fraction of sp³-hybridized carbons (Fsp3) is 1.00. The molecule has 0 heterocycles. The second-order valence-corrected chi connectivity index (χ2v) is 4.32. The third kappa shape index (κ3) is 9.84. The number of unbranched alkanes of at least 4 members (excludes halogenated alkanes) is 2. The predicted octanol–water partition coefficient (Wildman–Crippen LogP) is 1.96. The maximum Gasteiger partial charge on any atom is 0.000133 e. The molecule has 0 rings (SSSR count). The zero-order chi connectivity index (χ0) is 10.1. The molecule has 0 saturated carbocycles. The largest absolute Gasteiger partial charge is 0.320 e. The molecule has 1 N–H and O–H groups in total. The Balaban J connectivity index is 3.12. The van der Waals surface area contributed by atoms with Gasteiger partial charge in [-0.05, 0) is 45.9 Å². The van der Waals surface area contributed by atoms with Crippen molar-refractivity contribution in [2.24, 2.45) is 5.92 Å². The molecule has 0 saturated heterocycles. The number of rotatable bonds is 8. The van der Waals surface area contributed by atoms with Crippen LogP contribution in [0, 0.1) is 5.92 Å². The first kappa shape index (κ1) is 12.9. The first-order valence-electron chi connectivity index (χ1n) is 5.50. The summed E-state index contributed by atoms with van der Waals surface area (Å²) in [6, 6.07) is 0. The lowest BCUT2D eigenvalue weighted by Crippen LogP contribution is -2.24. The van der Waals surface area contributed by atoms with Gasteiger partial charge in [0.2, 0.25) is 0 Å². The van der Waals surface area contributed by atoms with Gasteiger partial charge < -0.3 is 10.2 Å². The Morgan fingerprint density at radius 1 is 1.15 bits per heavy atom. The molecule has 0 bridgehead atoms. The highest BCUT2D eigenvalue weighted by atomic mass is 15.1. The Morgan fingerprint density at radius 2 is 1.85 bits per heavy atom. The lowest BCUT2D eigenvalue weighted by Gasteiger charge is -2.18. The summed E-state index contributed by atoms with van der Waals surface area (Å²) in [6.07, 6.45) is 4.00. The van der Waals surface area contributed by atoms with Crippen molar-refractivity contribution in [3.63, 3.8) is 0 Å². The zero-order valence-electron chi connectivity index (χ0n) is 9.77. The fourth-order valence-corrected chi connectivity index (χ4v) is 1.57. The van der Waals surface area contributed by atoms with Gasteiger partial charge in [0.1, 0.15) is 0 Å². The zero-order valence-corrected chi connectivity index (χ0v) is 9.77. The van der Waals surface area contributed by atoms with E-state index in [9.17, 15) is 0 Å². The second kappa shape index (κ2) is 8.52. The minimum Gasteiger partial charge on any atom is -0.320 e. The molecular formula is C11H26N2. The van der Waals surface area contributed by atoms with E-state index in [2.05, 4.69) is 31.1 Å². The molecule has 13 heavy (non-hydrogen) atoms. The third-order valence-corrected chi connectivity index (χ3v) is 2.14. The van der Waals surface area contributed by atoms with Gasteiger partial charge in [-0.15, -0.1) is 0 Å². The molecule has 0 unspecified atom stereocenters.